The van der Waals surface area contributed by atoms with Crippen LogP contribution in [-0.2, 0) is 12.8 Å². The number of nitrogens with two attached hydrogens (primary N) is 2. The molecule has 0 spiro atoms. The van der Waals surface area contributed by atoms with Crippen LogP contribution >= 0.6 is 0 Å². The molecule has 3 aromatic carbocycles. The van der Waals surface area contributed by atoms with Gasteiger partial charge in [0, 0.05) is 25.2 Å². The summed E-state index contributed by atoms with van der Waals surface area (Å²) in [7, 11) is 0. The van der Waals surface area contributed by atoms with Crippen LogP contribution in [0.1, 0.15) is 11.1 Å². The van der Waals surface area contributed by atoms with Gasteiger partial charge in [-0.2, -0.15) is 0 Å². The first-order chi connectivity index (χ1) is 13.5. The lowest BCUT2D eigenvalue weighted by molar-refractivity contribution is 0.694. The third-order valence-electron chi connectivity index (χ3n) is 4.67. The molecule has 2 atom stereocenters. The molecule has 3 rings (SSSR count). The zero-order valence-electron chi connectivity index (χ0n) is 15.7. The molecule has 0 aliphatic rings. The summed E-state index contributed by atoms with van der Waals surface area (Å²) in [5, 5.41) is 6.05. The van der Waals surface area contributed by atoms with E-state index in [4.69, 9.17) is 11.5 Å². The van der Waals surface area contributed by atoms with Crippen molar-refractivity contribution >= 4 is 11.4 Å². The van der Waals surface area contributed by atoms with E-state index in [9.17, 15) is 9.59 Å². The van der Waals surface area contributed by atoms with Crippen LogP contribution in [0.3, 0.4) is 0 Å². The van der Waals surface area contributed by atoms with Crippen molar-refractivity contribution in [2.24, 2.45) is 11.5 Å². The first-order valence-electron chi connectivity index (χ1n) is 9.44. The summed E-state index contributed by atoms with van der Waals surface area (Å²) in [6.45, 7) is 0.814. The fourth-order valence-corrected chi connectivity index (χ4v) is 3.17. The maximum absolute atomic E-state index is 11.9. The molecule has 2 unspecified atom stereocenters. The number of anilines is 2. The molecule has 0 aliphatic heterocycles. The zero-order chi connectivity index (χ0) is 19.9. The Hall–Kier alpha value is -2.96. The van der Waals surface area contributed by atoms with Crippen LogP contribution in [0.15, 0.2) is 70.3 Å². The fourth-order valence-electron chi connectivity index (χ4n) is 3.17. The van der Waals surface area contributed by atoms with E-state index < -0.39 is 10.9 Å². The van der Waals surface area contributed by atoms with Crippen LogP contribution in [0.5, 0.6) is 0 Å². The van der Waals surface area contributed by atoms with Gasteiger partial charge in [0.05, 0.1) is 0 Å². The smallest absolute Gasteiger partial charge is 0.253 e. The van der Waals surface area contributed by atoms with E-state index in [2.05, 4.69) is 10.6 Å². The lowest BCUT2D eigenvalue weighted by Gasteiger charge is -2.19. The van der Waals surface area contributed by atoms with Crippen molar-refractivity contribution in [2.45, 2.75) is 24.9 Å². The molecular weight excluding hydrogens is 352 g/mol. The van der Waals surface area contributed by atoms with Gasteiger partial charge in [-0.3, -0.25) is 9.59 Å². The molecule has 28 heavy (non-hydrogen) atoms. The van der Waals surface area contributed by atoms with Crippen LogP contribution in [0, 0.1) is 0 Å². The normalized spacial score (nSPS) is 13.2. The molecule has 3 aromatic rings. The summed E-state index contributed by atoms with van der Waals surface area (Å²) >= 11 is 0. The highest BCUT2D eigenvalue weighted by molar-refractivity contribution is 5.74. The number of hydrogen-bond donors (Lipinski definition) is 4. The predicted octanol–water partition coefficient (Wildman–Crippen LogP) is 1.25. The Morgan fingerprint density at radius 3 is 1.36 bits per heavy atom. The molecule has 0 saturated heterocycles. The van der Waals surface area contributed by atoms with Crippen molar-refractivity contribution in [3.05, 3.63) is 92.2 Å². The first-order valence-corrected chi connectivity index (χ1v) is 9.44. The molecule has 0 heterocycles. The molecule has 6 N–H and O–H groups in total. The minimum Gasteiger partial charge on any atom is -0.378 e. The highest BCUT2D eigenvalue weighted by Crippen LogP contribution is 2.15. The van der Waals surface area contributed by atoms with Gasteiger partial charge in [0.2, 0.25) is 0 Å². The van der Waals surface area contributed by atoms with Crippen LogP contribution in [0.2, 0.25) is 0 Å². The topological polar surface area (TPSA) is 110 Å². The predicted molar refractivity (Wildman–Crippen MR) is 115 cm³/mol. The van der Waals surface area contributed by atoms with E-state index in [0.29, 0.717) is 37.3 Å². The summed E-state index contributed by atoms with van der Waals surface area (Å²) in [6, 6.07) is 19.5. The monoisotopic (exact) mass is 378 g/mol. The number of benzene rings is 2. The molecule has 0 aliphatic carbocycles. The summed E-state index contributed by atoms with van der Waals surface area (Å²) < 4.78 is 0. The van der Waals surface area contributed by atoms with Gasteiger partial charge >= 0.3 is 0 Å². The highest BCUT2D eigenvalue weighted by atomic mass is 16.2. The summed E-state index contributed by atoms with van der Waals surface area (Å²) in [4.78, 5) is 23.8. The Kier molecular flexibility index (Phi) is 6.57. The Morgan fingerprint density at radius 2 is 1.00 bits per heavy atom. The van der Waals surface area contributed by atoms with Gasteiger partial charge in [-0.25, -0.2) is 0 Å². The minimum absolute atomic E-state index is 0.167. The van der Waals surface area contributed by atoms with Crippen LogP contribution in [0.4, 0.5) is 11.4 Å². The molecule has 0 fully saturated rings. The van der Waals surface area contributed by atoms with Crippen molar-refractivity contribution in [3.8, 4) is 0 Å². The van der Waals surface area contributed by atoms with E-state index in [1.165, 1.54) is 0 Å². The zero-order valence-corrected chi connectivity index (χ0v) is 15.7. The Labute approximate surface area is 164 Å². The van der Waals surface area contributed by atoms with Gasteiger partial charge < -0.3 is 22.1 Å². The second kappa shape index (κ2) is 9.30. The van der Waals surface area contributed by atoms with Gasteiger partial charge in [0.25, 0.3) is 10.9 Å². The molecule has 0 aromatic heterocycles. The van der Waals surface area contributed by atoms with Crippen molar-refractivity contribution < 1.29 is 0 Å². The highest BCUT2D eigenvalue weighted by Gasteiger charge is 2.21. The molecular formula is C22H26N4O2. The minimum atomic E-state index is -0.508. The van der Waals surface area contributed by atoms with E-state index >= 15 is 0 Å². The van der Waals surface area contributed by atoms with Crippen LogP contribution < -0.4 is 33.0 Å². The lowest BCUT2D eigenvalue weighted by Crippen LogP contribution is -2.42. The SMILES string of the molecule is NC(CNc1c(NCC(N)Cc2ccccc2)c(=O)c1=O)Cc1ccccc1. The molecule has 0 saturated carbocycles. The van der Waals surface area contributed by atoms with Gasteiger partial charge in [0.1, 0.15) is 11.4 Å². The van der Waals surface area contributed by atoms with Crippen molar-refractivity contribution in [1.82, 2.24) is 0 Å². The number of nitrogens with one attached hydrogen (secondary N) is 2. The Morgan fingerprint density at radius 1 is 0.643 bits per heavy atom. The molecule has 146 valence electrons. The Bertz CT molecular complexity index is 871. The van der Waals surface area contributed by atoms with Crippen molar-refractivity contribution in [3.63, 3.8) is 0 Å². The second-order valence-corrected chi connectivity index (χ2v) is 7.07. The molecule has 0 bridgehead atoms. The Balaban J connectivity index is 1.51. The standard InChI is InChI=1S/C22H26N4O2/c23-17(11-15-7-3-1-4-8-15)13-25-19-20(22(28)21(19)27)26-14-18(24)12-16-9-5-2-6-10-16/h1-10,17-18,25-26H,11-14,23-24H2. The average molecular weight is 378 g/mol. The molecule has 6 nitrogen and oxygen atoms in total. The van der Waals surface area contributed by atoms with E-state index in [-0.39, 0.29) is 12.1 Å². The average Bonchev–Trinajstić information content (AvgIpc) is 2.71. The maximum atomic E-state index is 11.9. The maximum Gasteiger partial charge on any atom is 0.253 e. The van der Waals surface area contributed by atoms with Crippen molar-refractivity contribution in [2.75, 3.05) is 23.7 Å². The van der Waals surface area contributed by atoms with E-state index in [1.807, 2.05) is 60.7 Å². The fraction of sp³-hybridized carbons (Fsp3) is 0.273. The largest absolute Gasteiger partial charge is 0.378 e. The lowest BCUT2D eigenvalue weighted by atomic mass is 10.1. The van der Waals surface area contributed by atoms with Crippen LogP contribution in [-0.4, -0.2) is 25.2 Å². The second-order valence-electron chi connectivity index (χ2n) is 7.07. The number of rotatable bonds is 10. The van der Waals surface area contributed by atoms with Gasteiger partial charge in [0.15, 0.2) is 0 Å². The molecule has 0 amide bonds. The summed E-state index contributed by atoms with van der Waals surface area (Å²) in [5.41, 5.74) is 14.1. The van der Waals surface area contributed by atoms with Gasteiger partial charge in [-0.15, -0.1) is 0 Å². The molecule has 6 heteroatoms. The van der Waals surface area contributed by atoms with Crippen LogP contribution in [0.25, 0.3) is 0 Å². The third-order valence-corrected chi connectivity index (χ3v) is 4.67. The van der Waals surface area contributed by atoms with E-state index in [1.54, 1.807) is 0 Å². The van der Waals surface area contributed by atoms with Gasteiger partial charge in [-0.1, -0.05) is 60.7 Å². The summed E-state index contributed by atoms with van der Waals surface area (Å²) in [5.74, 6) is 0. The third kappa shape index (κ3) is 5.06. The van der Waals surface area contributed by atoms with Gasteiger partial charge in [-0.05, 0) is 24.0 Å². The quantitative estimate of drug-likeness (QED) is 0.395. The summed E-state index contributed by atoms with van der Waals surface area (Å²) in [6.07, 6.45) is 1.38. The first kappa shape index (κ1) is 19.8. The van der Waals surface area contributed by atoms with Crippen molar-refractivity contribution in [1.29, 1.82) is 0 Å². The number of hydrogen-bond acceptors (Lipinski definition) is 6. The molecule has 0 radical (unpaired) electrons. The van der Waals surface area contributed by atoms with E-state index in [0.717, 1.165) is 11.1 Å².